The van der Waals surface area contributed by atoms with E-state index in [-0.39, 0.29) is 0 Å². The molecule has 0 fully saturated rings. The Morgan fingerprint density at radius 1 is 0.400 bits per heavy atom. The number of hydrogen-bond acceptors (Lipinski definition) is 10. The summed E-state index contributed by atoms with van der Waals surface area (Å²) in [5, 5.41) is 85.1. The van der Waals surface area contributed by atoms with Gasteiger partial charge in [0.15, 0.2) is 0 Å². The van der Waals surface area contributed by atoms with Crippen molar-refractivity contribution >= 4 is 0 Å². The maximum absolute atomic E-state index is 8.77. The van der Waals surface area contributed by atoms with Gasteiger partial charge in [-0.25, -0.2) is 0 Å². The van der Waals surface area contributed by atoms with E-state index >= 15 is 0 Å². The Kier molecular flexibility index (Phi) is 13.5. The fourth-order valence-corrected chi connectivity index (χ4v) is 0.945. The van der Waals surface area contributed by atoms with Gasteiger partial charge in [0.1, 0.15) is 36.6 Å². The van der Waals surface area contributed by atoms with Crippen LogP contribution in [0.25, 0.3) is 0 Å². The molecule has 124 valence electrons. The van der Waals surface area contributed by atoms with Gasteiger partial charge in [-0.1, -0.05) is 0 Å². The Morgan fingerprint density at radius 2 is 0.550 bits per heavy atom. The molecule has 20 heavy (non-hydrogen) atoms. The van der Waals surface area contributed by atoms with Gasteiger partial charge in [0.05, 0.1) is 26.4 Å². The summed E-state index contributed by atoms with van der Waals surface area (Å²) >= 11 is 0. The zero-order valence-electron chi connectivity index (χ0n) is 10.8. The van der Waals surface area contributed by atoms with Crippen LogP contribution in [0.3, 0.4) is 0 Å². The Bertz CT molecular complexity index is 174. The van der Waals surface area contributed by atoms with Gasteiger partial charge in [-0.2, -0.15) is 0 Å². The molecule has 0 aliphatic carbocycles. The van der Waals surface area contributed by atoms with Crippen molar-refractivity contribution in [2.45, 2.75) is 36.6 Å². The predicted octanol–water partition coefficient (Wildman–Crippen LogP) is -5.89. The average molecular weight is 304 g/mol. The summed E-state index contributed by atoms with van der Waals surface area (Å²) in [4.78, 5) is 0. The second kappa shape index (κ2) is 12.3. The molecule has 0 aromatic carbocycles. The monoisotopic (exact) mass is 304 g/mol. The number of hydrogen-bond donors (Lipinski definition) is 10. The highest BCUT2D eigenvalue weighted by molar-refractivity contribution is 4.73. The summed E-state index contributed by atoms with van der Waals surface area (Å²) in [6, 6.07) is 0. The third kappa shape index (κ3) is 8.71. The van der Waals surface area contributed by atoms with Gasteiger partial charge in [0.25, 0.3) is 0 Å². The molecule has 10 nitrogen and oxygen atoms in total. The van der Waals surface area contributed by atoms with E-state index < -0.39 is 63.1 Å². The molecule has 0 spiro atoms. The van der Waals surface area contributed by atoms with Crippen molar-refractivity contribution in [3.63, 3.8) is 0 Å². The van der Waals surface area contributed by atoms with Crippen LogP contribution in [0.1, 0.15) is 0 Å². The van der Waals surface area contributed by atoms with Crippen molar-refractivity contribution < 1.29 is 51.1 Å². The molecule has 0 aliphatic rings. The second-order valence-electron chi connectivity index (χ2n) is 3.98. The Hall–Kier alpha value is -0.400. The highest BCUT2D eigenvalue weighted by atomic mass is 16.4. The maximum Gasteiger partial charge on any atom is 0.110 e. The van der Waals surface area contributed by atoms with Crippen molar-refractivity contribution in [3.8, 4) is 0 Å². The first-order valence-electron chi connectivity index (χ1n) is 5.78. The van der Waals surface area contributed by atoms with Crippen molar-refractivity contribution in [3.05, 3.63) is 0 Å². The van der Waals surface area contributed by atoms with Crippen LogP contribution < -0.4 is 0 Å². The molecule has 0 amide bonds. The molecular formula is C10H24O10. The van der Waals surface area contributed by atoms with Gasteiger partial charge in [0.2, 0.25) is 0 Å². The molecule has 0 rings (SSSR count). The van der Waals surface area contributed by atoms with Crippen LogP contribution in [0, 0.1) is 0 Å². The lowest BCUT2D eigenvalue weighted by molar-refractivity contribution is -0.0900. The topological polar surface area (TPSA) is 202 Å². The Labute approximate surface area is 115 Å². The van der Waals surface area contributed by atoms with Gasteiger partial charge in [0, 0.05) is 0 Å². The summed E-state index contributed by atoms with van der Waals surface area (Å²) in [5.41, 5.74) is 0. The first-order valence-corrected chi connectivity index (χ1v) is 5.78. The van der Waals surface area contributed by atoms with Crippen molar-refractivity contribution in [2.24, 2.45) is 0 Å². The molecule has 0 aromatic heterocycles. The summed E-state index contributed by atoms with van der Waals surface area (Å²) < 4.78 is 0. The molecule has 6 atom stereocenters. The minimum atomic E-state index is -1.49. The Morgan fingerprint density at radius 3 is 0.650 bits per heavy atom. The fourth-order valence-electron chi connectivity index (χ4n) is 0.945. The standard InChI is InChI=1S/2C5H12O5/c2*6-1-3(8)5(10)4(9)2-7/h2*3-10H,1-2H2/t2*3-,4+,5+. The van der Waals surface area contributed by atoms with Crippen LogP contribution in [-0.2, 0) is 0 Å². The summed E-state index contributed by atoms with van der Waals surface area (Å²) in [6.07, 6.45) is -8.58. The van der Waals surface area contributed by atoms with E-state index in [4.69, 9.17) is 51.1 Å². The second-order valence-corrected chi connectivity index (χ2v) is 3.98. The normalized spacial score (nSPS) is 20.1. The zero-order valence-corrected chi connectivity index (χ0v) is 10.8. The molecule has 10 heteroatoms. The van der Waals surface area contributed by atoms with E-state index in [9.17, 15) is 0 Å². The molecule has 10 N–H and O–H groups in total. The molecule has 0 saturated carbocycles. The van der Waals surface area contributed by atoms with E-state index in [0.29, 0.717) is 0 Å². The first-order chi connectivity index (χ1) is 9.26. The van der Waals surface area contributed by atoms with E-state index in [1.807, 2.05) is 0 Å². The van der Waals surface area contributed by atoms with E-state index in [1.165, 1.54) is 0 Å². The van der Waals surface area contributed by atoms with Crippen LogP contribution in [0.5, 0.6) is 0 Å². The third-order valence-corrected chi connectivity index (χ3v) is 2.33. The largest absolute Gasteiger partial charge is 0.394 e. The number of aliphatic hydroxyl groups excluding tert-OH is 10. The minimum absolute atomic E-state index is 0.641. The number of aliphatic hydroxyl groups is 10. The van der Waals surface area contributed by atoms with Crippen LogP contribution >= 0.6 is 0 Å². The molecular weight excluding hydrogens is 280 g/mol. The maximum atomic E-state index is 8.77. The predicted molar refractivity (Wildman–Crippen MR) is 64.4 cm³/mol. The van der Waals surface area contributed by atoms with Gasteiger partial charge < -0.3 is 51.1 Å². The van der Waals surface area contributed by atoms with Crippen LogP contribution in [0.15, 0.2) is 0 Å². The summed E-state index contributed by atoms with van der Waals surface area (Å²) in [6.45, 7) is -2.56. The highest BCUT2D eigenvalue weighted by Crippen LogP contribution is 1.98. The molecule has 0 radical (unpaired) electrons. The lowest BCUT2D eigenvalue weighted by Gasteiger charge is -2.19. The molecule has 0 bridgehead atoms. The zero-order chi connectivity index (χ0) is 16.3. The summed E-state index contributed by atoms with van der Waals surface area (Å²) in [7, 11) is 0. The van der Waals surface area contributed by atoms with Gasteiger partial charge in [-0.3, -0.25) is 0 Å². The van der Waals surface area contributed by atoms with Crippen molar-refractivity contribution in [1.29, 1.82) is 0 Å². The van der Waals surface area contributed by atoms with Crippen LogP contribution in [0.2, 0.25) is 0 Å². The Balaban J connectivity index is 0. The fraction of sp³-hybridized carbons (Fsp3) is 1.00. The average Bonchev–Trinajstić information content (AvgIpc) is 2.50. The number of rotatable bonds is 8. The van der Waals surface area contributed by atoms with Crippen molar-refractivity contribution in [2.75, 3.05) is 26.4 Å². The minimum Gasteiger partial charge on any atom is -0.394 e. The van der Waals surface area contributed by atoms with Crippen LogP contribution in [-0.4, -0.2) is 114 Å². The highest BCUT2D eigenvalue weighted by Gasteiger charge is 2.23. The molecule has 0 aliphatic heterocycles. The SMILES string of the molecule is OC[C@@H](O)[C@H](O)[C@@H](O)CO.OC[C@@H](O)[C@H](O)[C@@H](O)CO. The van der Waals surface area contributed by atoms with Crippen LogP contribution in [0.4, 0.5) is 0 Å². The lowest BCUT2D eigenvalue weighted by Crippen LogP contribution is -2.41. The molecule has 0 aromatic rings. The third-order valence-electron chi connectivity index (χ3n) is 2.33. The summed E-state index contributed by atoms with van der Waals surface area (Å²) in [5.74, 6) is 0. The van der Waals surface area contributed by atoms with Crippen molar-refractivity contribution in [1.82, 2.24) is 0 Å². The van der Waals surface area contributed by atoms with E-state index in [0.717, 1.165) is 0 Å². The quantitative estimate of drug-likeness (QED) is 0.206. The van der Waals surface area contributed by atoms with Gasteiger partial charge in [-0.05, 0) is 0 Å². The first kappa shape index (κ1) is 21.9. The molecule has 0 heterocycles. The lowest BCUT2D eigenvalue weighted by atomic mass is 10.1. The molecule has 0 saturated heterocycles. The van der Waals surface area contributed by atoms with Gasteiger partial charge >= 0.3 is 0 Å². The van der Waals surface area contributed by atoms with Gasteiger partial charge in [-0.15, -0.1) is 0 Å². The van der Waals surface area contributed by atoms with E-state index in [2.05, 4.69) is 0 Å². The van der Waals surface area contributed by atoms with E-state index in [1.54, 1.807) is 0 Å². The molecule has 0 unspecified atom stereocenters. The smallest absolute Gasteiger partial charge is 0.110 e.